The Bertz CT molecular complexity index is 864. The highest BCUT2D eigenvalue weighted by atomic mass is 15.4. The molecule has 2 aromatic rings. The smallest absolute Gasteiger partial charge is 0.146 e. The van der Waals surface area contributed by atoms with Crippen LogP contribution in [0.25, 0.3) is 11.1 Å². The molecular weight excluding hydrogens is 470 g/mol. The molecule has 0 radical (unpaired) electrons. The summed E-state index contributed by atoms with van der Waals surface area (Å²) in [5, 5.41) is 0. The van der Waals surface area contributed by atoms with Crippen LogP contribution in [0, 0.1) is 13.8 Å². The molecule has 0 N–H and O–H groups in total. The van der Waals surface area contributed by atoms with Crippen LogP contribution in [0.3, 0.4) is 0 Å². The predicted molar refractivity (Wildman–Crippen MR) is 176 cm³/mol. The monoisotopic (exact) mass is 532 g/mol. The molecule has 3 rings (SSSR count). The summed E-state index contributed by atoms with van der Waals surface area (Å²) in [6, 6.07) is 14.5. The van der Waals surface area contributed by atoms with Crippen molar-refractivity contribution in [1.29, 1.82) is 0 Å². The van der Waals surface area contributed by atoms with Crippen LogP contribution >= 0.6 is 0 Å². The van der Waals surface area contributed by atoms with Crippen LogP contribution in [0.2, 0.25) is 0 Å². The van der Waals surface area contributed by atoms with Crippen molar-refractivity contribution < 1.29 is 0 Å². The molecule has 0 aromatic heterocycles. The molecule has 1 heteroatoms. The third kappa shape index (κ3) is 9.77. The number of quaternary nitrogens is 1. The average Bonchev–Trinajstić information content (AvgIpc) is 3.19. The maximum atomic E-state index is 2.53. The normalized spacial score (nSPS) is 13.5. The Hall–Kier alpha value is -1.60. The number of hydrogen-bond donors (Lipinski definition) is 0. The second kappa shape index (κ2) is 18.0. The van der Waals surface area contributed by atoms with Gasteiger partial charge in [-0.3, -0.25) is 4.48 Å². The fourth-order valence-electron chi connectivity index (χ4n) is 6.91. The molecule has 0 unspecified atom stereocenters. The van der Waals surface area contributed by atoms with E-state index in [2.05, 4.69) is 64.1 Å². The zero-order valence-electron chi connectivity index (χ0n) is 26.5. The van der Waals surface area contributed by atoms with E-state index in [9.17, 15) is 0 Å². The first-order valence-corrected chi connectivity index (χ1v) is 17.2. The molecule has 39 heavy (non-hydrogen) atoms. The zero-order chi connectivity index (χ0) is 27.8. The topological polar surface area (TPSA) is 0 Å². The molecule has 0 fully saturated rings. The van der Waals surface area contributed by atoms with Gasteiger partial charge < -0.3 is 0 Å². The van der Waals surface area contributed by atoms with Gasteiger partial charge in [0.25, 0.3) is 0 Å². The summed E-state index contributed by atoms with van der Waals surface area (Å²) in [4.78, 5) is 0. The Balaban J connectivity index is 1.59. The Morgan fingerprint density at radius 1 is 0.410 bits per heavy atom. The zero-order valence-corrected chi connectivity index (χ0v) is 26.5. The van der Waals surface area contributed by atoms with E-state index in [4.69, 9.17) is 0 Å². The molecule has 0 saturated heterocycles. The lowest BCUT2D eigenvalue weighted by molar-refractivity contribution is 0.360. The van der Waals surface area contributed by atoms with Crippen LogP contribution in [0.4, 0.5) is 11.4 Å². The summed E-state index contributed by atoms with van der Waals surface area (Å²) < 4.78 is 1.10. The Kier molecular flexibility index (Phi) is 14.7. The van der Waals surface area contributed by atoms with Gasteiger partial charge in [0.2, 0.25) is 0 Å². The minimum atomic E-state index is 1.10. The molecule has 218 valence electrons. The first-order valence-electron chi connectivity index (χ1n) is 17.2. The van der Waals surface area contributed by atoms with Gasteiger partial charge in [0, 0.05) is 23.3 Å². The van der Waals surface area contributed by atoms with E-state index in [1.54, 1.807) is 11.4 Å². The minimum Gasteiger partial charge on any atom is -0.258 e. The maximum absolute atomic E-state index is 2.53. The molecular formula is C38H62N+. The van der Waals surface area contributed by atoms with Crippen LogP contribution in [0.5, 0.6) is 0 Å². The van der Waals surface area contributed by atoms with E-state index < -0.39 is 0 Å². The van der Waals surface area contributed by atoms with Gasteiger partial charge in [-0.2, -0.15) is 0 Å². The number of unbranched alkanes of at least 4 members (excludes halogenated alkanes) is 18. The van der Waals surface area contributed by atoms with Crippen LogP contribution < -0.4 is 4.48 Å². The van der Waals surface area contributed by atoms with Gasteiger partial charge >= 0.3 is 0 Å². The SMILES string of the molecule is CCCCCCCCCCCC[N+]1(CCCCCCCCCCCC)c2cc(C)ccc2-c2ccc(C)cc21. The van der Waals surface area contributed by atoms with Crippen LogP contribution in [-0.4, -0.2) is 13.1 Å². The van der Waals surface area contributed by atoms with Gasteiger partial charge in [-0.25, -0.2) is 0 Å². The summed E-state index contributed by atoms with van der Waals surface area (Å²) >= 11 is 0. The number of fused-ring (bicyclic) bond motifs is 3. The highest BCUT2D eigenvalue weighted by molar-refractivity contribution is 5.95. The molecule has 1 aliphatic heterocycles. The third-order valence-electron chi connectivity index (χ3n) is 9.31. The first kappa shape index (κ1) is 31.9. The number of rotatable bonds is 22. The summed E-state index contributed by atoms with van der Waals surface area (Å²) in [7, 11) is 0. The second-order valence-corrected chi connectivity index (χ2v) is 12.8. The van der Waals surface area contributed by atoms with E-state index in [1.807, 2.05) is 0 Å². The van der Waals surface area contributed by atoms with Gasteiger partial charge in [0.1, 0.15) is 11.4 Å². The molecule has 0 amide bonds. The quantitative estimate of drug-likeness (QED) is 0.104. The standard InChI is InChI=1S/C38H62N/c1-5-7-9-11-13-15-17-19-21-23-29-39(30-24-22-20-18-16-14-12-10-8-6-2)37-31-33(3)25-27-35(37)36-28-26-34(4)32-38(36)39/h25-28,31-32H,5-24,29-30H2,1-4H3/q+1. The highest BCUT2D eigenvalue weighted by Gasteiger charge is 2.43. The molecule has 2 aromatic carbocycles. The summed E-state index contributed by atoms with van der Waals surface area (Å²) in [6.07, 6.45) is 28.2. The van der Waals surface area contributed by atoms with Crippen molar-refractivity contribution in [3.05, 3.63) is 47.5 Å². The van der Waals surface area contributed by atoms with Gasteiger partial charge in [0.15, 0.2) is 0 Å². The predicted octanol–water partition coefficient (Wildman–Crippen LogP) is 12.8. The number of benzene rings is 2. The fraction of sp³-hybridized carbons (Fsp3) is 0.684. The van der Waals surface area contributed by atoms with Crippen LogP contribution in [0.1, 0.15) is 153 Å². The van der Waals surface area contributed by atoms with Crippen LogP contribution in [0.15, 0.2) is 36.4 Å². The lowest BCUT2D eigenvalue weighted by Gasteiger charge is -2.36. The van der Waals surface area contributed by atoms with Crippen molar-refractivity contribution in [2.45, 2.75) is 156 Å². The van der Waals surface area contributed by atoms with Gasteiger partial charge in [-0.1, -0.05) is 129 Å². The maximum Gasteiger partial charge on any atom is 0.146 e. The van der Waals surface area contributed by atoms with Crippen molar-refractivity contribution in [2.75, 3.05) is 13.1 Å². The molecule has 0 bridgehead atoms. The van der Waals surface area contributed by atoms with Crippen molar-refractivity contribution >= 4 is 11.4 Å². The van der Waals surface area contributed by atoms with Crippen molar-refractivity contribution in [2.24, 2.45) is 0 Å². The summed E-state index contributed by atoms with van der Waals surface area (Å²) in [5.74, 6) is 0. The number of nitrogens with zero attached hydrogens (tertiary/aromatic N) is 1. The minimum absolute atomic E-state index is 1.10. The first-order chi connectivity index (χ1) is 19.1. The molecule has 0 spiro atoms. The lowest BCUT2D eigenvalue weighted by Crippen LogP contribution is -2.44. The third-order valence-corrected chi connectivity index (χ3v) is 9.31. The van der Waals surface area contributed by atoms with E-state index in [-0.39, 0.29) is 0 Å². The second-order valence-electron chi connectivity index (χ2n) is 12.8. The molecule has 0 saturated carbocycles. The largest absolute Gasteiger partial charge is 0.258 e. The molecule has 1 aliphatic rings. The van der Waals surface area contributed by atoms with Gasteiger partial charge in [0.05, 0.1) is 13.1 Å². The van der Waals surface area contributed by atoms with Crippen molar-refractivity contribution in [1.82, 2.24) is 4.48 Å². The fourth-order valence-corrected chi connectivity index (χ4v) is 6.91. The van der Waals surface area contributed by atoms with E-state index in [0.717, 1.165) is 4.48 Å². The van der Waals surface area contributed by atoms with Gasteiger partial charge in [-0.05, 0) is 62.8 Å². The van der Waals surface area contributed by atoms with E-state index in [1.165, 1.54) is 164 Å². The van der Waals surface area contributed by atoms with E-state index in [0.29, 0.717) is 0 Å². The summed E-state index contributed by atoms with van der Waals surface area (Å²) in [6.45, 7) is 11.7. The molecule has 1 heterocycles. The van der Waals surface area contributed by atoms with Crippen molar-refractivity contribution in [3.8, 4) is 11.1 Å². The van der Waals surface area contributed by atoms with Crippen LogP contribution in [-0.2, 0) is 0 Å². The lowest BCUT2D eigenvalue weighted by atomic mass is 10.0. The van der Waals surface area contributed by atoms with Gasteiger partial charge in [-0.15, -0.1) is 0 Å². The Labute approximate surface area is 243 Å². The number of hydrogen-bond acceptors (Lipinski definition) is 0. The Morgan fingerprint density at radius 3 is 1.05 bits per heavy atom. The molecule has 0 aliphatic carbocycles. The molecule has 0 atom stereocenters. The molecule has 1 nitrogen and oxygen atoms in total. The van der Waals surface area contributed by atoms with Crippen molar-refractivity contribution in [3.63, 3.8) is 0 Å². The highest BCUT2D eigenvalue weighted by Crippen LogP contribution is 2.54. The Morgan fingerprint density at radius 2 is 0.718 bits per heavy atom. The summed E-state index contributed by atoms with van der Waals surface area (Å²) in [5.41, 5.74) is 8.98. The number of aryl methyl sites for hydroxylation is 2. The van der Waals surface area contributed by atoms with E-state index >= 15 is 0 Å². The average molecular weight is 533 g/mol.